The molecule has 1 amide bonds. The number of carbonyl (C=O) groups is 1. The fraction of sp³-hybridized carbons (Fsp3) is 0.562. The Labute approximate surface area is 133 Å². The van der Waals surface area contributed by atoms with Gasteiger partial charge >= 0.3 is 0 Å². The van der Waals surface area contributed by atoms with Crippen LogP contribution in [-0.2, 0) is 16.6 Å². The minimum atomic E-state index is -3.19. The van der Waals surface area contributed by atoms with Gasteiger partial charge in [-0.2, -0.15) is 0 Å². The second kappa shape index (κ2) is 7.24. The van der Waals surface area contributed by atoms with Crippen LogP contribution >= 0.6 is 0 Å². The summed E-state index contributed by atoms with van der Waals surface area (Å²) in [5.74, 6) is 0.0740. The number of hydrogen-bond acceptors (Lipinski definition) is 3. The molecule has 6 heteroatoms. The molecule has 122 valence electrons. The number of likely N-dealkylation sites (tertiary alicyclic amines) is 1. The van der Waals surface area contributed by atoms with Crippen LogP contribution in [0.25, 0.3) is 0 Å². The molecule has 0 spiro atoms. The van der Waals surface area contributed by atoms with Crippen molar-refractivity contribution in [3.05, 3.63) is 35.4 Å². The van der Waals surface area contributed by atoms with E-state index in [4.69, 9.17) is 0 Å². The lowest BCUT2D eigenvalue weighted by molar-refractivity contribution is 0.0761. The van der Waals surface area contributed by atoms with Crippen molar-refractivity contribution in [3.63, 3.8) is 0 Å². The summed E-state index contributed by atoms with van der Waals surface area (Å²) < 4.78 is 24.1. The summed E-state index contributed by atoms with van der Waals surface area (Å²) in [6.07, 6.45) is 5.72. The Balaban J connectivity index is 2.03. The highest BCUT2D eigenvalue weighted by atomic mass is 32.2. The highest BCUT2D eigenvalue weighted by Gasteiger charge is 2.17. The molecule has 1 aromatic carbocycles. The third-order valence-corrected chi connectivity index (χ3v) is 5.33. The van der Waals surface area contributed by atoms with Crippen LogP contribution in [0.2, 0.25) is 0 Å². The van der Waals surface area contributed by atoms with Gasteiger partial charge in [-0.25, -0.2) is 12.7 Å². The van der Waals surface area contributed by atoms with Gasteiger partial charge in [0.1, 0.15) is 0 Å². The Morgan fingerprint density at radius 1 is 1.09 bits per heavy atom. The van der Waals surface area contributed by atoms with Gasteiger partial charge in [0.15, 0.2) is 0 Å². The van der Waals surface area contributed by atoms with Crippen LogP contribution in [0.4, 0.5) is 0 Å². The number of amides is 1. The zero-order chi connectivity index (χ0) is 16.2. The molecule has 0 bridgehead atoms. The van der Waals surface area contributed by atoms with E-state index in [2.05, 4.69) is 0 Å². The first-order chi connectivity index (χ1) is 10.4. The zero-order valence-corrected chi connectivity index (χ0v) is 14.1. The maximum Gasteiger partial charge on any atom is 0.253 e. The van der Waals surface area contributed by atoms with Crippen LogP contribution in [0.1, 0.15) is 41.6 Å². The molecule has 2 rings (SSSR count). The molecule has 1 fully saturated rings. The Hall–Kier alpha value is -1.40. The largest absolute Gasteiger partial charge is 0.339 e. The quantitative estimate of drug-likeness (QED) is 0.852. The van der Waals surface area contributed by atoms with Gasteiger partial charge in [0, 0.05) is 32.2 Å². The van der Waals surface area contributed by atoms with E-state index in [1.807, 2.05) is 17.0 Å². The van der Waals surface area contributed by atoms with Gasteiger partial charge in [-0.1, -0.05) is 25.0 Å². The lowest BCUT2D eigenvalue weighted by atomic mass is 10.1. The predicted octanol–water partition coefficient (Wildman–Crippen LogP) is 2.09. The van der Waals surface area contributed by atoms with Gasteiger partial charge in [-0.15, -0.1) is 0 Å². The van der Waals surface area contributed by atoms with E-state index in [0.29, 0.717) is 12.1 Å². The second-order valence-electron chi connectivity index (χ2n) is 5.92. The molecule has 1 aliphatic rings. The number of benzene rings is 1. The molecule has 1 aliphatic heterocycles. The van der Waals surface area contributed by atoms with Crippen molar-refractivity contribution in [2.75, 3.05) is 26.4 Å². The van der Waals surface area contributed by atoms with Crippen LogP contribution in [0.3, 0.4) is 0 Å². The molecule has 0 radical (unpaired) electrons. The minimum Gasteiger partial charge on any atom is -0.339 e. The Bertz CT molecular complexity index is 603. The highest BCUT2D eigenvalue weighted by molar-refractivity contribution is 7.88. The van der Waals surface area contributed by atoms with Crippen molar-refractivity contribution < 1.29 is 13.2 Å². The fourth-order valence-corrected chi connectivity index (χ4v) is 2.97. The van der Waals surface area contributed by atoms with Gasteiger partial charge in [0.25, 0.3) is 5.91 Å². The normalized spacial score (nSPS) is 16.6. The van der Waals surface area contributed by atoms with Crippen molar-refractivity contribution in [2.24, 2.45) is 0 Å². The summed E-state index contributed by atoms with van der Waals surface area (Å²) in [4.78, 5) is 14.4. The average Bonchev–Trinajstić information content (AvgIpc) is 2.75. The smallest absolute Gasteiger partial charge is 0.253 e. The Morgan fingerprint density at radius 2 is 1.64 bits per heavy atom. The molecular formula is C16H24N2O3S. The number of nitrogens with zero attached hydrogens (tertiary/aromatic N) is 2. The number of carbonyl (C=O) groups excluding carboxylic acids is 1. The van der Waals surface area contributed by atoms with Crippen molar-refractivity contribution in [3.8, 4) is 0 Å². The van der Waals surface area contributed by atoms with Gasteiger partial charge in [0.05, 0.1) is 6.26 Å². The van der Waals surface area contributed by atoms with Crippen molar-refractivity contribution >= 4 is 15.9 Å². The van der Waals surface area contributed by atoms with E-state index in [1.165, 1.54) is 23.4 Å². The van der Waals surface area contributed by atoms with Gasteiger partial charge in [-0.3, -0.25) is 4.79 Å². The monoisotopic (exact) mass is 324 g/mol. The molecule has 1 heterocycles. The number of hydrogen-bond donors (Lipinski definition) is 0. The molecule has 0 unspecified atom stereocenters. The standard InChI is InChI=1S/C16H24N2O3S/c1-17(22(2,20)21)13-14-7-9-15(10-8-14)16(19)18-11-5-3-4-6-12-18/h7-10H,3-6,11-13H2,1-2H3. The first-order valence-electron chi connectivity index (χ1n) is 7.67. The van der Waals surface area contributed by atoms with Gasteiger partial charge in [0.2, 0.25) is 10.0 Å². The van der Waals surface area contributed by atoms with Crippen LogP contribution in [-0.4, -0.2) is 49.9 Å². The zero-order valence-electron chi connectivity index (χ0n) is 13.3. The lowest BCUT2D eigenvalue weighted by Gasteiger charge is -2.20. The van der Waals surface area contributed by atoms with E-state index in [1.54, 1.807) is 19.2 Å². The van der Waals surface area contributed by atoms with E-state index in [-0.39, 0.29) is 5.91 Å². The molecule has 0 atom stereocenters. The minimum absolute atomic E-state index is 0.0740. The van der Waals surface area contributed by atoms with Crippen molar-refractivity contribution in [2.45, 2.75) is 32.2 Å². The van der Waals surface area contributed by atoms with Crippen molar-refractivity contribution in [1.29, 1.82) is 0 Å². The summed E-state index contributed by atoms with van der Waals surface area (Å²) in [6.45, 7) is 1.98. The van der Waals surface area contributed by atoms with Crippen LogP contribution in [0.5, 0.6) is 0 Å². The SMILES string of the molecule is CN(Cc1ccc(C(=O)N2CCCCCC2)cc1)S(C)(=O)=O. The third-order valence-electron chi connectivity index (χ3n) is 4.07. The summed E-state index contributed by atoms with van der Waals surface area (Å²) in [5, 5.41) is 0. The maximum atomic E-state index is 12.5. The Morgan fingerprint density at radius 3 is 2.14 bits per heavy atom. The summed E-state index contributed by atoms with van der Waals surface area (Å²) >= 11 is 0. The first kappa shape index (κ1) is 17.0. The van der Waals surface area contributed by atoms with Crippen LogP contribution < -0.4 is 0 Å². The van der Waals surface area contributed by atoms with E-state index < -0.39 is 10.0 Å². The Kier molecular flexibility index (Phi) is 5.58. The van der Waals surface area contributed by atoms with Crippen LogP contribution in [0.15, 0.2) is 24.3 Å². The fourth-order valence-electron chi connectivity index (χ4n) is 2.58. The molecule has 0 saturated carbocycles. The molecular weight excluding hydrogens is 300 g/mol. The lowest BCUT2D eigenvalue weighted by Crippen LogP contribution is -2.31. The molecule has 22 heavy (non-hydrogen) atoms. The number of sulfonamides is 1. The summed E-state index contributed by atoms with van der Waals surface area (Å²) in [7, 11) is -1.64. The second-order valence-corrected chi connectivity index (χ2v) is 8.01. The highest BCUT2D eigenvalue weighted by Crippen LogP contribution is 2.15. The van der Waals surface area contributed by atoms with Crippen LogP contribution in [0, 0.1) is 0 Å². The average molecular weight is 324 g/mol. The van der Waals surface area contributed by atoms with Gasteiger partial charge < -0.3 is 4.90 Å². The molecule has 0 aliphatic carbocycles. The molecule has 0 aromatic heterocycles. The number of rotatable bonds is 4. The van der Waals surface area contributed by atoms with E-state index in [9.17, 15) is 13.2 Å². The molecule has 0 N–H and O–H groups in total. The van der Waals surface area contributed by atoms with Gasteiger partial charge in [-0.05, 0) is 30.5 Å². The van der Waals surface area contributed by atoms with E-state index in [0.717, 1.165) is 31.5 Å². The summed E-state index contributed by atoms with van der Waals surface area (Å²) in [6, 6.07) is 7.23. The molecule has 1 aromatic rings. The molecule has 5 nitrogen and oxygen atoms in total. The predicted molar refractivity (Wildman–Crippen MR) is 87.1 cm³/mol. The summed E-state index contributed by atoms with van der Waals surface area (Å²) in [5.41, 5.74) is 1.55. The molecule has 1 saturated heterocycles. The van der Waals surface area contributed by atoms with E-state index >= 15 is 0 Å². The maximum absolute atomic E-state index is 12.5. The first-order valence-corrected chi connectivity index (χ1v) is 9.52. The third kappa shape index (κ3) is 4.55. The topological polar surface area (TPSA) is 57.7 Å². The van der Waals surface area contributed by atoms with Crippen molar-refractivity contribution in [1.82, 2.24) is 9.21 Å².